The Bertz CT molecular complexity index is 809. The summed E-state index contributed by atoms with van der Waals surface area (Å²) in [6, 6.07) is 13.2. The van der Waals surface area contributed by atoms with Crippen LogP contribution in [0.4, 0.5) is 0 Å². The van der Waals surface area contributed by atoms with E-state index in [1.54, 1.807) is 4.90 Å². The Labute approximate surface area is 153 Å². The molecule has 1 saturated heterocycles. The molecule has 5 heteroatoms. The molecule has 1 amide bonds. The molecule has 2 aromatic rings. The molecule has 0 N–H and O–H groups in total. The van der Waals surface area contributed by atoms with Crippen molar-refractivity contribution in [2.45, 2.75) is 45.3 Å². The first-order chi connectivity index (χ1) is 12.3. The molecule has 26 heavy (non-hydrogen) atoms. The number of hydrogen-bond acceptors (Lipinski definition) is 4. The Balaban J connectivity index is 1.62. The summed E-state index contributed by atoms with van der Waals surface area (Å²) < 4.78 is 11.1. The molecule has 1 atom stereocenters. The minimum atomic E-state index is -0.560. The highest BCUT2D eigenvalue weighted by molar-refractivity contribution is 5.86. The van der Waals surface area contributed by atoms with Crippen LogP contribution < -0.4 is 4.74 Å². The van der Waals surface area contributed by atoms with Crippen molar-refractivity contribution in [2.24, 2.45) is 0 Å². The SMILES string of the molecule is CC(C)(C)OC(=O)[C@H]1CCCN1C(=O)COc1ccc2ccccc2c1. The van der Waals surface area contributed by atoms with Crippen molar-refractivity contribution in [2.75, 3.05) is 13.2 Å². The van der Waals surface area contributed by atoms with Gasteiger partial charge in [0.1, 0.15) is 17.4 Å². The topological polar surface area (TPSA) is 55.8 Å². The van der Waals surface area contributed by atoms with Gasteiger partial charge in [0.2, 0.25) is 0 Å². The number of likely N-dealkylation sites (tertiary alicyclic amines) is 1. The number of nitrogens with zero attached hydrogens (tertiary/aromatic N) is 1. The fourth-order valence-corrected chi connectivity index (χ4v) is 3.17. The molecule has 1 aliphatic heterocycles. The van der Waals surface area contributed by atoms with Gasteiger partial charge in [-0.15, -0.1) is 0 Å². The summed E-state index contributed by atoms with van der Waals surface area (Å²) >= 11 is 0. The molecule has 3 rings (SSSR count). The normalized spacial score (nSPS) is 17.3. The van der Waals surface area contributed by atoms with Crippen LogP contribution in [0.15, 0.2) is 42.5 Å². The van der Waals surface area contributed by atoms with E-state index in [1.807, 2.05) is 63.2 Å². The average molecular weight is 355 g/mol. The van der Waals surface area contributed by atoms with Gasteiger partial charge in [-0.1, -0.05) is 30.3 Å². The second-order valence-corrected chi connectivity index (χ2v) is 7.58. The van der Waals surface area contributed by atoms with E-state index in [2.05, 4.69) is 0 Å². The molecule has 1 fully saturated rings. The minimum absolute atomic E-state index is 0.0857. The van der Waals surface area contributed by atoms with E-state index >= 15 is 0 Å². The van der Waals surface area contributed by atoms with Gasteiger partial charge in [-0.25, -0.2) is 4.79 Å². The number of amides is 1. The number of esters is 1. The number of carbonyl (C=O) groups is 2. The molecule has 138 valence electrons. The summed E-state index contributed by atoms with van der Waals surface area (Å²) in [5.74, 6) is 0.116. The number of hydrogen-bond donors (Lipinski definition) is 0. The van der Waals surface area contributed by atoms with Crippen molar-refractivity contribution in [1.29, 1.82) is 0 Å². The quantitative estimate of drug-likeness (QED) is 0.787. The molecular weight excluding hydrogens is 330 g/mol. The Hall–Kier alpha value is -2.56. The van der Waals surface area contributed by atoms with Gasteiger partial charge in [-0.3, -0.25) is 4.79 Å². The largest absolute Gasteiger partial charge is 0.484 e. The standard InChI is InChI=1S/C21H25NO4/c1-21(2,3)26-20(24)18-9-6-12-22(18)19(23)14-25-17-11-10-15-7-4-5-8-16(15)13-17/h4-5,7-8,10-11,13,18H,6,9,12,14H2,1-3H3/t18-/m1/s1. The van der Waals surface area contributed by atoms with E-state index in [1.165, 1.54) is 0 Å². The van der Waals surface area contributed by atoms with E-state index < -0.39 is 11.6 Å². The van der Waals surface area contributed by atoms with Gasteiger partial charge in [0.05, 0.1) is 0 Å². The van der Waals surface area contributed by atoms with Gasteiger partial charge in [0.15, 0.2) is 6.61 Å². The molecule has 0 bridgehead atoms. The number of benzene rings is 2. The molecule has 0 radical (unpaired) electrons. The van der Waals surface area contributed by atoms with E-state index in [-0.39, 0.29) is 18.5 Å². The van der Waals surface area contributed by atoms with Crippen molar-refractivity contribution in [3.05, 3.63) is 42.5 Å². The predicted octanol–water partition coefficient (Wildman–Crippen LogP) is 3.55. The lowest BCUT2D eigenvalue weighted by Gasteiger charge is -2.27. The predicted molar refractivity (Wildman–Crippen MR) is 100 cm³/mol. The molecule has 0 saturated carbocycles. The zero-order valence-corrected chi connectivity index (χ0v) is 15.5. The van der Waals surface area contributed by atoms with Crippen molar-refractivity contribution in [3.63, 3.8) is 0 Å². The molecule has 0 unspecified atom stereocenters. The summed E-state index contributed by atoms with van der Waals surface area (Å²) in [5, 5.41) is 2.18. The van der Waals surface area contributed by atoms with Crippen molar-refractivity contribution in [1.82, 2.24) is 4.90 Å². The van der Waals surface area contributed by atoms with Gasteiger partial charge >= 0.3 is 5.97 Å². The summed E-state index contributed by atoms with van der Waals surface area (Å²) in [5.41, 5.74) is -0.560. The molecule has 0 spiro atoms. The average Bonchev–Trinajstić information content (AvgIpc) is 3.08. The van der Waals surface area contributed by atoms with Crippen LogP contribution in [0.2, 0.25) is 0 Å². The number of fused-ring (bicyclic) bond motifs is 1. The monoisotopic (exact) mass is 355 g/mol. The third-order valence-electron chi connectivity index (χ3n) is 4.34. The van der Waals surface area contributed by atoms with Crippen molar-refractivity contribution >= 4 is 22.6 Å². The summed E-state index contributed by atoms with van der Waals surface area (Å²) in [6.45, 7) is 5.96. The smallest absolute Gasteiger partial charge is 0.329 e. The Kier molecular flexibility index (Phi) is 5.16. The van der Waals surface area contributed by atoms with E-state index in [0.29, 0.717) is 18.7 Å². The van der Waals surface area contributed by atoms with E-state index in [9.17, 15) is 9.59 Å². The molecule has 2 aromatic carbocycles. The van der Waals surface area contributed by atoms with Crippen LogP contribution in [0.25, 0.3) is 10.8 Å². The van der Waals surface area contributed by atoms with Crippen LogP contribution >= 0.6 is 0 Å². The Morgan fingerprint density at radius 3 is 2.58 bits per heavy atom. The van der Waals surface area contributed by atoms with Gasteiger partial charge in [-0.2, -0.15) is 0 Å². The lowest BCUT2D eigenvalue weighted by atomic mass is 10.1. The molecule has 0 aromatic heterocycles. The number of rotatable bonds is 4. The van der Waals surface area contributed by atoms with Gasteiger partial charge in [0, 0.05) is 6.54 Å². The van der Waals surface area contributed by atoms with Crippen LogP contribution in [0, 0.1) is 0 Å². The second-order valence-electron chi connectivity index (χ2n) is 7.58. The number of carbonyl (C=O) groups excluding carboxylic acids is 2. The van der Waals surface area contributed by atoms with Gasteiger partial charge in [0.25, 0.3) is 5.91 Å². The van der Waals surface area contributed by atoms with Crippen molar-refractivity contribution in [3.8, 4) is 5.75 Å². The van der Waals surface area contributed by atoms with Gasteiger partial charge < -0.3 is 14.4 Å². The lowest BCUT2D eigenvalue weighted by Crippen LogP contribution is -2.45. The third-order valence-corrected chi connectivity index (χ3v) is 4.34. The van der Waals surface area contributed by atoms with Crippen LogP contribution in [0.5, 0.6) is 5.75 Å². The summed E-state index contributed by atoms with van der Waals surface area (Å²) in [6.07, 6.45) is 1.43. The maximum atomic E-state index is 12.6. The maximum absolute atomic E-state index is 12.6. The Morgan fingerprint density at radius 1 is 1.12 bits per heavy atom. The molecule has 1 heterocycles. The van der Waals surface area contributed by atoms with Crippen LogP contribution in [0.1, 0.15) is 33.6 Å². The van der Waals surface area contributed by atoms with Crippen LogP contribution in [-0.2, 0) is 14.3 Å². The van der Waals surface area contributed by atoms with E-state index in [0.717, 1.165) is 17.2 Å². The zero-order chi connectivity index (χ0) is 18.7. The first kappa shape index (κ1) is 18.2. The van der Waals surface area contributed by atoms with E-state index in [4.69, 9.17) is 9.47 Å². The molecular formula is C21H25NO4. The zero-order valence-electron chi connectivity index (χ0n) is 15.5. The highest BCUT2D eigenvalue weighted by Gasteiger charge is 2.36. The second kappa shape index (κ2) is 7.36. The Morgan fingerprint density at radius 2 is 1.85 bits per heavy atom. The summed E-state index contributed by atoms with van der Waals surface area (Å²) in [4.78, 5) is 26.5. The minimum Gasteiger partial charge on any atom is -0.484 e. The van der Waals surface area contributed by atoms with Crippen LogP contribution in [-0.4, -0.2) is 41.6 Å². The fraction of sp³-hybridized carbons (Fsp3) is 0.429. The number of ether oxygens (including phenoxy) is 2. The molecule has 5 nitrogen and oxygen atoms in total. The highest BCUT2D eigenvalue weighted by Crippen LogP contribution is 2.23. The first-order valence-corrected chi connectivity index (χ1v) is 8.97. The first-order valence-electron chi connectivity index (χ1n) is 8.97. The maximum Gasteiger partial charge on any atom is 0.329 e. The lowest BCUT2D eigenvalue weighted by molar-refractivity contribution is -0.163. The highest BCUT2D eigenvalue weighted by atomic mass is 16.6. The summed E-state index contributed by atoms with van der Waals surface area (Å²) in [7, 11) is 0. The third kappa shape index (κ3) is 4.34. The molecule has 1 aliphatic rings. The van der Waals surface area contributed by atoms with Gasteiger partial charge in [-0.05, 0) is 56.5 Å². The fourth-order valence-electron chi connectivity index (χ4n) is 3.17. The molecule has 0 aliphatic carbocycles. The van der Waals surface area contributed by atoms with Crippen molar-refractivity contribution < 1.29 is 19.1 Å². The van der Waals surface area contributed by atoms with Crippen LogP contribution in [0.3, 0.4) is 0 Å².